The molecule has 3 rings (SSSR count). The lowest BCUT2D eigenvalue weighted by atomic mass is 9.99. The van der Waals surface area contributed by atoms with Crippen molar-refractivity contribution in [1.82, 2.24) is 4.98 Å². The van der Waals surface area contributed by atoms with Crippen molar-refractivity contribution < 1.29 is 0 Å². The molecular formula is C21H21N. The van der Waals surface area contributed by atoms with Crippen LogP contribution in [-0.4, -0.2) is 4.98 Å². The van der Waals surface area contributed by atoms with Crippen molar-refractivity contribution in [2.24, 2.45) is 0 Å². The van der Waals surface area contributed by atoms with Crippen molar-refractivity contribution in [3.63, 3.8) is 0 Å². The van der Waals surface area contributed by atoms with E-state index in [1.165, 1.54) is 38.9 Å². The molecule has 1 heterocycles. The smallest absolute Gasteiger partial charge is 0.0708 e. The third kappa shape index (κ3) is 3.09. The maximum atomic E-state index is 4.56. The highest BCUT2D eigenvalue weighted by molar-refractivity contribution is 5.71. The number of pyridine rings is 1. The van der Waals surface area contributed by atoms with E-state index in [-0.39, 0.29) is 0 Å². The minimum Gasteiger partial charge on any atom is -0.256 e. The van der Waals surface area contributed by atoms with E-state index in [1.807, 2.05) is 6.20 Å². The molecule has 0 aliphatic rings. The lowest BCUT2D eigenvalue weighted by Gasteiger charge is -2.09. The van der Waals surface area contributed by atoms with E-state index in [9.17, 15) is 0 Å². The molecule has 0 saturated heterocycles. The van der Waals surface area contributed by atoms with Gasteiger partial charge in [0, 0.05) is 11.8 Å². The topological polar surface area (TPSA) is 12.9 Å². The SMILES string of the molecule is Cc1cc(C)cc(-c2ccnc(-c3cc(C)cc(C)c3)c2)c1. The Morgan fingerprint density at radius 1 is 0.545 bits per heavy atom. The van der Waals surface area contributed by atoms with Crippen molar-refractivity contribution in [2.75, 3.05) is 0 Å². The molecule has 0 radical (unpaired) electrons. The van der Waals surface area contributed by atoms with Crippen molar-refractivity contribution >= 4 is 0 Å². The average Bonchev–Trinajstić information content (AvgIpc) is 2.45. The fourth-order valence-electron chi connectivity index (χ4n) is 3.03. The van der Waals surface area contributed by atoms with Gasteiger partial charge >= 0.3 is 0 Å². The predicted octanol–water partition coefficient (Wildman–Crippen LogP) is 5.65. The molecule has 0 aliphatic carbocycles. The summed E-state index contributed by atoms with van der Waals surface area (Å²) in [4.78, 5) is 4.56. The van der Waals surface area contributed by atoms with Crippen LogP contribution >= 0.6 is 0 Å². The zero-order chi connectivity index (χ0) is 15.7. The second kappa shape index (κ2) is 5.76. The van der Waals surface area contributed by atoms with Crippen LogP contribution in [0.5, 0.6) is 0 Å². The standard InChI is InChI=1S/C21H21N/c1-14-7-15(2)10-19(9-14)18-5-6-22-21(13-18)20-11-16(3)8-17(4)12-20/h5-13H,1-4H3. The lowest BCUT2D eigenvalue weighted by molar-refractivity contribution is 1.30. The zero-order valence-corrected chi connectivity index (χ0v) is 13.6. The molecular weight excluding hydrogens is 266 g/mol. The monoisotopic (exact) mass is 287 g/mol. The van der Waals surface area contributed by atoms with E-state index in [4.69, 9.17) is 0 Å². The maximum Gasteiger partial charge on any atom is 0.0708 e. The van der Waals surface area contributed by atoms with Gasteiger partial charge in [0.05, 0.1) is 5.69 Å². The normalized spacial score (nSPS) is 10.7. The number of hydrogen-bond acceptors (Lipinski definition) is 1. The van der Waals surface area contributed by atoms with E-state index in [0.29, 0.717) is 0 Å². The summed E-state index contributed by atoms with van der Waals surface area (Å²) in [5, 5.41) is 0. The Morgan fingerprint density at radius 3 is 1.59 bits per heavy atom. The van der Waals surface area contributed by atoms with E-state index in [1.54, 1.807) is 0 Å². The van der Waals surface area contributed by atoms with E-state index in [2.05, 4.69) is 81.2 Å². The molecule has 0 atom stereocenters. The molecule has 22 heavy (non-hydrogen) atoms. The van der Waals surface area contributed by atoms with Gasteiger partial charge in [0.1, 0.15) is 0 Å². The highest BCUT2D eigenvalue weighted by Crippen LogP contribution is 2.27. The van der Waals surface area contributed by atoms with Gasteiger partial charge in [-0.2, -0.15) is 0 Å². The van der Waals surface area contributed by atoms with Crippen LogP contribution in [0.15, 0.2) is 54.7 Å². The molecule has 0 fully saturated rings. The van der Waals surface area contributed by atoms with Crippen LogP contribution in [0, 0.1) is 27.7 Å². The van der Waals surface area contributed by atoms with Crippen LogP contribution < -0.4 is 0 Å². The summed E-state index contributed by atoms with van der Waals surface area (Å²) >= 11 is 0. The number of aryl methyl sites for hydroxylation is 4. The summed E-state index contributed by atoms with van der Waals surface area (Å²) in [5.74, 6) is 0. The molecule has 0 amide bonds. The molecule has 3 aromatic rings. The van der Waals surface area contributed by atoms with Crippen LogP contribution in [0.2, 0.25) is 0 Å². The van der Waals surface area contributed by atoms with E-state index < -0.39 is 0 Å². The number of hydrogen-bond donors (Lipinski definition) is 0. The molecule has 0 saturated carbocycles. The highest BCUT2D eigenvalue weighted by atomic mass is 14.7. The van der Waals surface area contributed by atoms with Crippen molar-refractivity contribution in [2.45, 2.75) is 27.7 Å². The number of benzene rings is 2. The lowest BCUT2D eigenvalue weighted by Crippen LogP contribution is -1.88. The van der Waals surface area contributed by atoms with Gasteiger partial charge in [-0.05, 0) is 63.1 Å². The molecule has 0 N–H and O–H groups in total. The van der Waals surface area contributed by atoms with Gasteiger partial charge in [0.15, 0.2) is 0 Å². The molecule has 0 spiro atoms. The zero-order valence-electron chi connectivity index (χ0n) is 13.6. The Bertz CT molecular complexity index is 724. The van der Waals surface area contributed by atoms with Gasteiger partial charge in [0.25, 0.3) is 0 Å². The summed E-state index contributed by atoms with van der Waals surface area (Å²) in [6.45, 7) is 8.54. The number of rotatable bonds is 2. The second-order valence-corrected chi connectivity index (χ2v) is 6.18. The van der Waals surface area contributed by atoms with Gasteiger partial charge < -0.3 is 0 Å². The Labute approximate surface area is 132 Å². The Hall–Kier alpha value is -2.41. The fourth-order valence-corrected chi connectivity index (χ4v) is 3.03. The molecule has 1 heteroatoms. The third-order valence-electron chi connectivity index (χ3n) is 3.83. The van der Waals surface area contributed by atoms with Crippen molar-refractivity contribution in [3.05, 3.63) is 77.0 Å². The van der Waals surface area contributed by atoms with Gasteiger partial charge in [-0.1, -0.05) is 46.5 Å². The van der Waals surface area contributed by atoms with Crippen LogP contribution in [0.3, 0.4) is 0 Å². The molecule has 0 unspecified atom stereocenters. The van der Waals surface area contributed by atoms with Gasteiger partial charge in [-0.15, -0.1) is 0 Å². The third-order valence-corrected chi connectivity index (χ3v) is 3.83. The first-order chi connectivity index (χ1) is 10.5. The molecule has 0 bridgehead atoms. The minimum absolute atomic E-state index is 1.03. The van der Waals surface area contributed by atoms with Crippen LogP contribution in [-0.2, 0) is 0 Å². The number of aromatic nitrogens is 1. The molecule has 0 aliphatic heterocycles. The first kappa shape index (κ1) is 14.5. The largest absolute Gasteiger partial charge is 0.256 e. The van der Waals surface area contributed by atoms with E-state index in [0.717, 1.165) is 5.69 Å². The van der Waals surface area contributed by atoms with Gasteiger partial charge in [0.2, 0.25) is 0 Å². The first-order valence-electron chi connectivity index (χ1n) is 7.65. The van der Waals surface area contributed by atoms with Gasteiger partial charge in [-0.3, -0.25) is 4.98 Å². The molecule has 1 aromatic heterocycles. The summed E-state index contributed by atoms with van der Waals surface area (Å²) in [7, 11) is 0. The van der Waals surface area contributed by atoms with Crippen LogP contribution in [0.25, 0.3) is 22.4 Å². The first-order valence-corrected chi connectivity index (χ1v) is 7.65. The predicted molar refractivity (Wildman–Crippen MR) is 94.1 cm³/mol. The second-order valence-electron chi connectivity index (χ2n) is 6.18. The quantitative estimate of drug-likeness (QED) is 0.593. The Balaban J connectivity index is 2.09. The van der Waals surface area contributed by atoms with E-state index >= 15 is 0 Å². The summed E-state index contributed by atoms with van der Waals surface area (Å²) in [6, 6.07) is 17.5. The average molecular weight is 287 g/mol. The summed E-state index contributed by atoms with van der Waals surface area (Å²) in [6.07, 6.45) is 1.90. The van der Waals surface area contributed by atoms with Crippen LogP contribution in [0.4, 0.5) is 0 Å². The fraction of sp³-hybridized carbons (Fsp3) is 0.190. The molecule has 1 nitrogen and oxygen atoms in total. The van der Waals surface area contributed by atoms with Gasteiger partial charge in [-0.25, -0.2) is 0 Å². The maximum absolute atomic E-state index is 4.56. The molecule has 110 valence electrons. The number of nitrogens with zero attached hydrogens (tertiary/aromatic N) is 1. The van der Waals surface area contributed by atoms with Crippen molar-refractivity contribution in [1.29, 1.82) is 0 Å². The highest BCUT2D eigenvalue weighted by Gasteiger charge is 2.05. The summed E-state index contributed by atoms with van der Waals surface area (Å²) in [5.41, 5.74) is 9.82. The Kier molecular flexibility index (Phi) is 3.81. The Morgan fingerprint density at radius 2 is 1.05 bits per heavy atom. The molecule has 2 aromatic carbocycles. The summed E-state index contributed by atoms with van der Waals surface area (Å²) < 4.78 is 0. The minimum atomic E-state index is 1.03. The van der Waals surface area contributed by atoms with Crippen LogP contribution in [0.1, 0.15) is 22.3 Å². The van der Waals surface area contributed by atoms with Crippen molar-refractivity contribution in [3.8, 4) is 22.4 Å².